The molecule has 1 aliphatic rings. The summed E-state index contributed by atoms with van der Waals surface area (Å²) in [6.45, 7) is 0. The van der Waals surface area contributed by atoms with Crippen molar-refractivity contribution < 1.29 is 14.6 Å². The highest BCUT2D eigenvalue weighted by Gasteiger charge is 2.68. The minimum absolute atomic E-state index is 0.348. The molecule has 0 saturated heterocycles. The maximum absolute atomic E-state index is 10.9. The number of aliphatic carboxylic acids is 1. The van der Waals surface area contributed by atoms with Crippen LogP contribution in [0.4, 0.5) is 0 Å². The molecular formula is C11H10Cl2O3. The molecule has 0 aliphatic heterocycles. The Kier molecular flexibility index (Phi) is 2.76. The first kappa shape index (κ1) is 11.6. The second kappa shape index (κ2) is 3.82. The number of methoxy groups -OCH3 is 1. The molecule has 1 aromatic rings. The lowest BCUT2D eigenvalue weighted by Crippen LogP contribution is -2.03. The Morgan fingerprint density at radius 2 is 1.94 bits per heavy atom. The highest BCUT2D eigenvalue weighted by Crippen LogP contribution is 2.64. The number of carbonyl (C=O) groups is 1. The van der Waals surface area contributed by atoms with Crippen LogP contribution >= 0.6 is 23.2 Å². The zero-order chi connectivity index (χ0) is 11.9. The summed E-state index contributed by atoms with van der Waals surface area (Å²) in [4.78, 5) is 10.9. The zero-order valence-electron chi connectivity index (χ0n) is 8.48. The highest BCUT2D eigenvalue weighted by atomic mass is 35.5. The van der Waals surface area contributed by atoms with Crippen LogP contribution in [0.15, 0.2) is 24.3 Å². The maximum atomic E-state index is 10.9. The van der Waals surface area contributed by atoms with E-state index in [-0.39, 0.29) is 5.92 Å². The summed E-state index contributed by atoms with van der Waals surface area (Å²) < 4.78 is 3.82. The number of hydrogen-bond donors (Lipinski definition) is 1. The molecule has 0 radical (unpaired) electrons. The summed E-state index contributed by atoms with van der Waals surface area (Å²) >= 11 is 11.9. The van der Waals surface area contributed by atoms with E-state index in [0.29, 0.717) is 5.75 Å². The van der Waals surface area contributed by atoms with Crippen molar-refractivity contribution in [3.63, 3.8) is 0 Å². The highest BCUT2D eigenvalue weighted by molar-refractivity contribution is 6.53. The third-order valence-corrected chi connectivity index (χ3v) is 3.73. The summed E-state index contributed by atoms with van der Waals surface area (Å²) in [5.74, 6) is -1.33. The van der Waals surface area contributed by atoms with Crippen LogP contribution in [0.2, 0.25) is 0 Å². The molecule has 3 nitrogen and oxygen atoms in total. The lowest BCUT2D eigenvalue weighted by atomic mass is 10.1. The quantitative estimate of drug-likeness (QED) is 0.851. The van der Waals surface area contributed by atoms with E-state index in [9.17, 15) is 4.79 Å². The van der Waals surface area contributed by atoms with Gasteiger partial charge < -0.3 is 9.84 Å². The van der Waals surface area contributed by atoms with E-state index in [4.69, 9.17) is 33.0 Å². The second-order valence-corrected chi connectivity index (χ2v) is 5.19. The van der Waals surface area contributed by atoms with E-state index < -0.39 is 16.2 Å². The van der Waals surface area contributed by atoms with Gasteiger partial charge in [0.2, 0.25) is 0 Å². The van der Waals surface area contributed by atoms with E-state index in [0.717, 1.165) is 5.56 Å². The van der Waals surface area contributed by atoms with Gasteiger partial charge in [-0.2, -0.15) is 0 Å². The van der Waals surface area contributed by atoms with E-state index in [1.165, 1.54) is 0 Å². The van der Waals surface area contributed by atoms with Crippen LogP contribution in [-0.4, -0.2) is 22.5 Å². The topological polar surface area (TPSA) is 46.5 Å². The zero-order valence-corrected chi connectivity index (χ0v) is 10.00. The first-order valence-corrected chi connectivity index (χ1v) is 5.48. The number of ether oxygens (including phenoxy) is 1. The van der Waals surface area contributed by atoms with E-state index in [1.807, 2.05) is 0 Å². The minimum atomic E-state index is -1.19. The molecule has 0 amide bonds. The van der Waals surface area contributed by atoms with Crippen LogP contribution in [-0.2, 0) is 4.79 Å². The number of carboxylic acids is 1. The molecule has 2 rings (SSSR count). The Morgan fingerprint density at radius 3 is 2.31 bits per heavy atom. The molecule has 86 valence electrons. The number of halogens is 2. The molecule has 0 heterocycles. The molecule has 2 unspecified atom stereocenters. The summed E-state index contributed by atoms with van der Waals surface area (Å²) in [6.07, 6.45) is 0. The van der Waals surface area contributed by atoms with Gasteiger partial charge >= 0.3 is 5.97 Å². The van der Waals surface area contributed by atoms with Gasteiger partial charge in [-0.05, 0) is 17.7 Å². The predicted molar refractivity (Wildman–Crippen MR) is 61.3 cm³/mol. The van der Waals surface area contributed by atoms with Gasteiger partial charge in [0.25, 0.3) is 0 Å². The monoisotopic (exact) mass is 260 g/mol. The Bertz CT molecular complexity index is 414. The van der Waals surface area contributed by atoms with Crippen LogP contribution in [0.3, 0.4) is 0 Å². The Balaban J connectivity index is 2.23. The number of alkyl halides is 2. The van der Waals surface area contributed by atoms with Crippen molar-refractivity contribution in [2.75, 3.05) is 7.11 Å². The number of benzene rings is 1. The molecule has 1 saturated carbocycles. The van der Waals surface area contributed by atoms with Gasteiger partial charge in [-0.25, -0.2) is 0 Å². The summed E-state index contributed by atoms with van der Waals surface area (Å²) in [5, 5.41) is 8.93. The molecule has 2 atom stereocenters. The van der Waals surface area contributed by atoms with Gasteiger partial charge in [-0.3, -0.25) is 4.79 Å². The lowest BCUT2D eigenvalue weighted by Gasteiger charge is -2.02. The standard InChI is InChI=1S/C11H10Cl2O3/c1-16-7-4-2-6(3-5-7)8-9(10(14)15)11(8,12)13/h2-5,8-9H,1H3,(H,14,15). The fourth-order valence-electron chi connectivity index (χ4n) is 1.86. The van der Waals surface area contributed by atoms with Crippen molar-refractivity contribution in [2.45, 2.75) is 10.3 Å². The van der Waals surface area contributed by atoms with Gasteiger partial charge in [-0.1, -0.05) is 35.3 Å². The third kappa shape index (κ3) is 1.74. The first-order valence-electron chi connectivity index (χ1n) is 4.73. The van der Waals surface area contributed by atoms with Gasteiger partial charge in [0, 0.05) is 5.92 Å². The van der Waals surface area contributed by atoms with Crippen molar-refractivity contribution in [3.8, 4) is 5.75 Å². The van der Waals surface area contributed by atoms with Gasteiger partial charge in [0.05, 0.1) is 13.0 Å². The normalized spacial score (nSPS) is 26.2. The van der Waals surface area contributed by atoms with E-state index in [2.05, 4.69) is 0 Å². The summed E-state index contributed by atoms with van der Waals surface area (Å²) in [5.41, 5.74) is 0.818. The van der Waals surface area contributed by atoms with Crippen molar-refractivity contribution in [1.29, 1.82) is 0 Å². The number of rotatable bonds is 3. The Hall–Kier alpha value is -0.930. The van der Waals surface area contributed by atoms with Crippen LogP contribution < -0.4 is 4.74 Å². The van der Waals surface area contributed by atoms with Gasteiger partial charge in [0.1, 0.15) is 10.1 Å². The molecule has 1 fully saturated rings. The average Bonchev–Trinajstić information content (AvgIpc) is 2.82. The Morgan fingerprint density at radius 1 is 1.38 bits per heavy atom. The molecule has 16 heavy (non-hydrogen) atoms. The van der Waals surface area contributed by atoms with Crippen LogP contribution in [0.25, 0.3) is 0 Å². The van der Waals surface area contributed by atoms with Crippen molar-refractivity contribution in [3.05, 3.63) is 29.8 Å². The molecule has 1 aromatic carbocycles. The van der Waals surface area contributed by atoms with Crippen molar-refractivity contribution >= 4 is 29.2 Å². The van der Waals surface area contributed by atoms with Gasteiger partial charge in [0.15, 0.2) is 0 Å². The molecule has 0 bridgehead atoms. The van der Waals surface area contributed by atoms with Crippen LogP contribution in [0.1, 0.15) is 11.5 Å². The fourth-order valence-corrected chi connectivity index (χ4v) is 2.68. The van der Waals surface area contributed by atoms with E-state index >= 15 is 0 Å². The molecule has 1 aliphatic carbocycles. The minimum Gasteiger partial charge on any atom is -0.497 e. The van der Waals surface area contributed by atoms with Crippen LogP contribution in [0.5, 0.6) is 5.75 Å². The molecular weight excluding hydrogens is 251 g/mol. The van der Waals surface area contributed by atoms with Crippen LogP contribution in [0, 0.1) is 5.92 Å². The van der Waals surface area contributed by atoms with Gasteiger partial charge in [-0.15, -0.1) is 0 Å². The maximum Gasteiger partial charge on any atom is 0.310 e. The molecule has 0 aromatic heterocycles. The Labute approximate surface area is 103 Å². The van der Waals surface area contributed by atoms with E-state index in [1.54, 1.807) is 31.4 Å². The van der Waals surface area contributed by atoms with Crippen molar-refractivity contribution in [2.24, 2.45) is 5.92 Å². The predicted octanol–water partition coefficient (Wildman–Crippen LogP) is 2.67. The average molecular weight is 261 g/mol. The fraction of sp³-hybridized carbons (Fsp3) is 0.364. The SMILES string of the molecule is COc1ccc(C2C(C(=O)O)C2(Cl)Cl)cc1. The molecule has 0 spiro atoms. The molecule has 1 N–H and O–H groups in total. The summed E-state index contributed by atoms with van der Waals surface area (Å²) in [7, 11) is 1.57. The number of carboxylic acid groups (broad SMARTS) is 1. The number of hydrogen-bond acceptors (Lipinski definition) is 2. The summed E-state index contributed by atoms with van der Waals surface area (Å²) in [6, 6.07) is 7.09. The van der Waals surface area contributed by atoms with Crippen molar-refractivity contribution in [1.82, 2.24) is 0 Å². The molecule has 5 heteroatoms. The largest absolute Gasteiger partial charge is 0.497 e. The third-order valence-electron chi connectivity index (χ3n) is 2.79. The first-order chi connectivity index (χ1) is 7.48. The lowest BCUT2D eigenvalue weighted by molar-refractivity contribution is -0.138. The second-order valence-electron chi connectivity index (χ2n) is 3.74. The smallest absolute Gasteiger partial charge is 0.310 e.